The van der Waals surface area contributed by atoms with Crippen LogP contribution in [0.1, 0.15) is 22.9 Å². The minimum Gasteiger partial charge on any atom is -0.344 e. The van der Waals surface area contributed by atoms with Crippen LogP contribution in [-0.4, -0.2) is 11.7 Å². The van der Waals surface area contributed by atoms with Crippen molar-refractivity contribution in [2.45, 2.75) is 6.17 Å². The average Bonchev–Trinajstić information content (AvgIpc) is 3.66. The van der Waals surface area contributed by atoms with E-state index in [1.54, 1.807) is 0 Å². The maximum Gasteiger partial charge on any atom is 0.159 e. The highest BCUT2D eigenvalue weighted by Gasteiger charge is 2.22. The SMILES string of the molecule is c1ccc(C2=NC(c3cccc(-c4cc(-c5cc(-c6ccccc6)cc(-c6ccccc6)c5)cc5sc6ccccc6c45)c3)NC(c3ccccc3)=N2)cc1. The van der Waals surface area contributed by atoms with E-state index in [4.69, 9.17) is 9.98 Å². The molecular formula is C51H35N3S. The van der Waals surface area contributed by atoms with Gasteiger partial charge in [-0.05, 0) is 92.5 Å². The van der Waals surface area contributed by atoms with Crippen LogP contribution in [0.3, 0.4) is 0 Å². The second kappa shape index (κ2) is 14.2. The molecular weight excluding hydrogens is 687 g/mol. The molecule has 260 valence electrons. The van der Waals surface area contributed by atoms with Crippen molar-refractivity contribution in [1.29, 1.82) is 0 Å². The Hall–Kier alpha value is -6.88. The molecule has 0 spiro atoms. The summed E-state index contributed by atoms with van der Waals surface area (Å²) in [5.74, 6) is 1.53. The van der Waals surface area contributed by atoms with Crippen molar-refractivity contribution < 1.29 is 0 Å². The van der Waals surface area contributed by atoms with Crippen molar-refractivity contribution in [3.8, 4) is 44.5 Å². The molecule has 0 fully saturated rings. The number of nitrogens with one attached hydrogen (secondary N) is 1. The number of thiophene rings is 1. The Morgan fingerprint density at radius 2 is 0.927 bits per heavy atom. The molecule has 3 nitrogen and oxygen atoms in total. The molecule has 1 aliphatic heterocycles. The zero-order valence-electron chi connectivity index (χ0n) is 29.9. The van der Waals surface area contributed by atoms with Crippen LogP contribution in [0.5, 0.6) is 0 Å². The Morgan fingerprint density at radius 3 is 1.58 bits per heavy atom. The molecule has 0 radical (unpaired) electrons. The van der Waals surface area contributed by atoms with E-state index in [0.717, 1.165) is 28.1 Å². The van der Waals surface area contributed by atoms with Gasteiger partial charge in [0.15, 0.2) is 5.84 Å². The Bertz CT molecular complexity index is 2820. The molecule has 0 amide bonds. The molecule has 55 heavy (non-hydrogen) atoms. The van der Waals surface area contributed by atoms with Crippen LogP contribution in [0.15, 0.2) is 210 Å². The van der Waals surface area contributed by atoms with Gasteiger partial charge in [0.05, 0.1) is 0 Å². The summed E-state index contributed by atoms with van der Waals surface area (Å²) in [6.45, 7) is 0. The van der Waals surface area contributed by atoms with Gasteiger partial charge in [0, 0.05) is 31.3 Å². The number of hydrogen-bond acceptors (Lipinski definition) is 4. The van der Waals surface area contributed by atoms with Crippen molar-refractivity contribution in [2.75, 3.05) is 0 Å². The Balaban J connectivity index is 1.14. The number of fused-ring (bicyclic) bond motifs is 3. The first-order valence-corrected chi connectivity index (χ1v) is 19.4. The summed E-state index contributed by atoms with van der Waals surface area (Å²) in [5, 5.41) is 6.22. The molecule has 10 rings (SSSR count). The third-order valence-corrected chi connectivity index (χ3v) is 11.4. The summed E-state index contributed by atoms with van der Waals surface area (Å²) in [6, 6.07) is 71.3. The first-order chi connectivity index (χ1) is 27.2. The maximum absolute atomic E-state index is 5.20. The van der Waals surface area contributed by atoms with Crippen LogP contribution in [-0.2, 0) is 0 Å². The Kier molecular flexibility index (Phi) is 8.43. The minimum atomic E-state index is -0.322. The summed E-state index contributed by atoms with van der Waals surface area (Å²) in [5.41, 5.74) is 12.6. The first-order valence-electron chi connectivity index (χ1n) is 18.6. The number of amidine groups is 2. The number of hydrogen-bond donors (Lipinski definition) is 1. The van der Waals surface area contributed by atoms with Crippen molar-refractivity contribution >= 4 is 43.2 Å². The average molecular weight is 722 g/mol. The lowest BCUT2D eigenvalue weighted by Crippen LogP contribution is -2.33. The quantitative estimate of drug-likeness (QED) is 0.175. The van der Waals surface area contributed by atoms with Crippen LogP contribution in [0.25, 0.3) is 64.7 Å². The van der Waals surface area contributed by atoms with E-state index >= 15 is 0 Å². The fourth-order valence-electron chi connectivity index (χ4n) is 7.59. The van der Waals surface area contributed by atoms with E-state index in [0.29, 0.717) is 5.84 Å². The van der Waals surface area contributed by atoms with Gasteiger partial charge in [-0.25, -0.2) is 9.98 Å². The van der Waals surface area contributed by atoms with E-state index in [1.165, 1.54) is 59.1 Å². The molecule has 1 aliphatic rings. The highest BCUT2D eigenvalue weighted by molar-refractivity contribution is 7.26. The zero-order valence-corrected chi connectivity index (χ0v) is 30.7. The number of nitrogens with zero attached hydrogens (tertiary/aromatic N) is 2. The van der Waals surface area contributed by atoms with Gasteiger partial charge in [0.25, 0.3) is 0 Å². The highest BCUT2D eigenvalue weighted by atomic mass is 32.1. The first kappa shape index (κ1) is 32.7. The van der Waals surface area contributed by atoms with Gasteiger partial charge >= 0.3 is 0 Å². The van der Waals surface area contributed by atoms with Gasteiger partial charge in [-0.3, -0.25) is 0 Å². The zero-order chi connectivity index (χ0) is 36.6. The van der Waals surface area contributed by atoms with Crippen molar-refractivity contribution in [3.05, 3.63) is 217 Å². The van der Waals surface area contributed by atoms with Crippen LogP contribution in [0.4, 0.5) is 0 Å². The number of benzene rings is 8. The van der Waals surface area contributed by atoms with Crippen LogP contribution < -0.4 is 5.32 Å². The summed E-state index contributed by atoms with van der Waals surface area (Å²) in [4.78, 5) is 10.2. The van der Waals surface area contributed by atoms with Gasteiger partial charge in [-0.15, -0.1) is 11.3 Å². The summed E-state index contributed by atoms with van der Waals surface area (Å²) in [7, 11) is 0. The molecule has 0 saturated heterocycles. The standard InChI is InChI=1S/C51H35N3S/c1-5-16-34(17-6-1)40-29-41(35-18-7-2-8-19-35)31-42(30-40)43-32-45(48-44-26-13-14-27-46(44)55-47(48)33-43)38-24-15-25-39(28-38)51-53-49(36-20-9-3-10-21-36)52-50(54-51)37-22-11-4-12-23-37/h1-33,51H,(H,52,53,54). The van der Waals surface area contributed by atoms with Gasteiger partial charge in [-0.2, -0.15) is 0 Å². The molecule has 2 heterocycles. The molecule has 4 heteroatoms. The molecule has 8 aromatic carbocycles. The Morgan fingerprint density at radius 1 is 0.400 bits per heavy atom. The van der Waals surface area contributed by atoms with Crippen LogP contribution in [0, 0.1) is 0 Å². The maximum atomic E-state index is 5.20. The smallest absolute Gasteiger partial charge is 0.159 e. The third-order valence-electron chi connectivity index (χ3n) is 10.3. The summed E-state index contributed by atoms with van der Waals surface area (Å²) < 4.78 is 2.55. The molecule has 1 atom stereocenters. The highest BCUT2D eigenvalue weighted by Crippen LogP contribution is 2.44. The molecule has 9 aromatic rings. The van der Waals surface area contributed by atoms with Crippen molar-refractivity contribution in [2.24, 2.45) is 9.98 Å². The van der Waals surface area contributed by atoms with E-state index in [9.17, 15) is 0 Å². The van der Waals surface area contributed by atoms with E-state index in [1.807, 2.05) is 47.7 Å². The number of rotatable bonds is 7. The summed E-state index contributed by atoms with van der Waals surface area (Å²) in [6.07, 6.45) is -0.322. The second-order valence-electron chi connectivity index (χ2n) is 13.8. The molecule has 1 N–H and O–H groups in total. The number of aliphatic imine (C=N–C) groups is 2. The Labute approximate surface area is 324 Å². The molecule has 1 aromatic heterocycles. The van der Waals surface area contributed by atoms with Gasteiger partial charge in [0.2, 0.25) is 0 Å². The predicted molar refractivity (Wildman–Crippen MR) is 233 cm³/mol. The van der Waals surface area contributed by atoms with Crippen molar-refractivity contribution in [3.63, 3.8) is 0 Å². The van der Waals surface area contributed by atoms with Crippen LogP contribution >= 0.6 is 11.3 Å². The normalized spacial score (nSPS) is 14.0. The van der Waals surface area contributed by atoms with Gasteiger partial charge in [0.1, 0.15) is 12.0 Å². The van der Waals surface area contributed by atoms with Crippen LogP contribution in [0.2, 0.25) is 0 Å². The topological polar surface area (TPSA) is 36.8 Å². The second-order valence-corrected chi connectivity index (χ2v) is 14.9. The molecule has 1 unspecified atom stereocenters. The van der Waals surface area contributed by atoms with Gasteiger partial charge < -0.3 is 5.32 Å². The third kappa shape index (κ3) is 6.43. The molecule has 0 aliphatic carbocycles. The lowest BCUT2D eigenvalue weighted by Gasteiger charge is -2.24. The lowest BCUT2D eigenvalue weighted by atomic mass is 9.90. The monoisotopic (exact) mass is 721 g/mol. The largest absolute Gasteiger partial charge is 0.344 e. The molecule has 0 saturated carbocycles. The van der Waals surface area contributed by atoms with E-state index in [-0.39, 0.29) is 6.17 Å². The molecule has 0 bridgehead atoms. The summed E-state index contributed by atoms with van der Waals surface area (Å²) >= 11 is 1.86. The van der Waals surface area contributed by atoms with Gasteiger partial charge in [-0.1, -0.05) is 158 Å². The minimum absolute atomic E-state index is 0.322. The van der Waals surface area contributed by atoms with E-state index < -0.39 is 0 Å². The predicted octanol–water partition coefficient (Wildman–Crippen LogP) is 13.2. The van der Waals surface area contributed by atoms with Crippen molar-refractivity contribution in [1.82, 2.24) is 5.32 Å². The fourth-order valence-corrected chi connectivity index (χ4v) is 8.76. The lowest BCUT2D eigenvalue weighted by molar-refractivity contribution is 0.674. The van der Waals surface area contributed by atoms with E-state index in [2.05, 4.69) is 169 Å². The fraction of sp³-hybridized carbons (Fsp3) is 0.0196.